The molecule has 1 aliphatic rings. The van der Waals surface area contributed by atoms with Gasteiger partial charge in [0.05, 0.1) is 6.04 Å². The highest BCUT2D eigenvalue weighted by Gasteiger charge is 2.30. The molecule has 0 saturated carbocycles. The molecule has 2 amide bonds. The largest absolute Gasteiger partial charge is 0.415 e. The van der Waals surface area contributed by atoms with Gasteiger partial charge in [0.15, 0.2) is 0 Å². The van der Waals surface area contributed by atoms with Crippen molar-refractivity contribution in [3.8, 4) is 5.88 Å². The lowest BCUT2D eigenvalue weighted by Crippen LogP contribution is -2.45. The third kappa shape index (κ3) is 5.00. The standard InChI is InChI=1S/C21H26F2N4O2/c1-13(2)16-6-4-5-7-18(16)27(15-10-11-24-12-15)21(28)26-17-9-8-14(3)25-19(17)29-20(22)23/h4-9,13,15,20,24H,10-12H2,1-3H3,(H,26,28). The van der Waals surface area contributed by atoms with Crippen LogP contribution in [0.15, 0.2) is 36.4 Å². The Morgan fingerprint density at radius 3 is 2.69 bits per heavy atom. The second kappa shape index (κ2) is 9.17. The molecule has 1 aromatic heterocycles. The fourth-order valence-corrected chi connectivity index (χ4v) is 3.50. The number of carbonyl (C=O) groups excluding carboxylic acids is 1. The zero-order chi connectivity index (χ0) is 21.0. The molecule has 2 aromatic rings. The number of hydrogen-bond donors (Lipinski definition) is 2. The fourth-order valence-electron chi connectivity index (χ4n) is 3.50. The van der Waals surface area contributed by atoms with E-state index in [1.54, 1.807) is 17.9 Å². The van der Waals surface area contributed by atoms with E-state index in [2.05, 4.69) is 34.2 Å². The Morgan fingerprint density at radius 1 is 1.28 bits per heavy atom. The molecule has 0 bridgehead atoms. The average Bonchev–Trinajstić information content (AvgIpc) is 3.18. The number of carbonyl (C=O) groups is 1. The van der Waals surface area contributed by atoms with Crippen LogP contribution in [0, 0.1) is 6.92 Å². The number of halogens is 2. The molecule has 0 spiro atoms. The van der Waals surface area contributed by atoms with Crippen LogP contribution in [-0.4, -0.2) is 36.8 Å². The number of alkyl halides is 2. The van der Waals surface area contributed by atoms with E-state index in [4.69, 9.17) is 0 Å². The van der Waals surface area contributed by atoms with Crippen LogP contribution in [0.3, 0.4) is 0 Å². The molecule has 1 aromatic carbocycles. The topological polar surface area (TPSA) is 66.5 Å². The molecule has 1 unspecified atom stereocenters. The first-order valence-electron chi connectivity index (χ1n) is 9.69. The summed E-state index contributed by atoms with van der Waals surface area (Å²) in [6.07, 6.45) is 0.798. The van der Waals surface area contributed by atoms with Crippen molar-refractivity contribution in [2.45, 2.75) is 45.8 Å². The quantitative estimate of drug-likeness (QED) is 0.743. The van der Waals surface area contributed by atoms with Crippen LogP contribution in [0.5, 0.6) is 5.88 Å². The summed E-state index contributed by atoms with van der Waals surface area (Å²) in [4.78, 5) is 19.0. The number of hydrogen-bond acceptors (Lipinski definition) is 4. The Balaban J connectivity index is 1.95. The van der Waals surface area contributed by atoms with E-state index in [0.717, 1.165) is 24.2 Å². The van der Waals surface area contributed by atoms with E-state index in [-0.39, 0.29) is 23.5 Å². The minimum atomic E-state index is -3.03. The molecule has 0 aliphatic carbocycles. The number of rotatable bonds is 6. The van der Waals surface area contributed by atoms with Crippen molar-refractivity contribution in [2.75, 3.05) is 23.3 Å². The minimum Gasteiger partial charge on any atom is -0.415 e. The van der Waals surface area contributed by atoms with Gasteiger partial charge in [-0.1, -0.05) is 32.0 Å². The van der Waals surface area contributed by atoms with Crippen molar-refractivity contribution in [3.05, 3.63) is 47.7 Å². The lowest BCUT2D eigenvalue weighted by molar-refractivity contribution is -0.0523. The van der Waals surface area contributed by atoms with Gasteiger partial charge in [0.25, 0.3) is 0 Å². The molecule has 29 heavy (non-hydrogen) atoms. The zero-order valence-corrected chi connectivity index (χ0v) is 16.8. The maximum Gasteiger partial charge on any atom is 0.388 e. The molecular weight excluding hydrogens is 378 g/mol. The number of para-hydroxylation sites is 1. The van der Waals surface area contributed by atoms with Gasteiger partial charge in [-0.05, 0) is 49.6 Å². The zero-order valence-electron chi connectivity index (χ0n) is 16.8. The number of nitrogens with one attached hydrogen (secondary N) is 2. The molecule has 3 rings (SSSR count). The Kier molecular flexibility index (Phi) is 6.64. The number of anilines is 2. The second-order valence-electron chi connectivity index (χ2n) is 7.34. The molecule has 156 valence electrons. The van der Waals surface area contributed by atoms with E-state index in [1.165, 1.54) is 6.07 Å². The molecule has 8 heteroatoms. The Morgan fingerprint density at radius 2 is 2.03 bits per heavy atom. The maximum absolute atomic E-state index is 13.3. The van der Waals surface area contributed by atoms with Crippen LogP contribution in [-0.2, 0) is 0 Å². The molecule has 1 fully saturated rings. The second-order valence-corrected chi connectivity index (χ2v) is 7.34. The summed E-state index contributed by atoms with van der Waals surface area (Å²) in [5.74, 6) is -0.0791. The van der Waals surface area contributed by atoms with Crippen molar-refractivity contribution in [3.63, 3.8) is 0 Å². The summed E-state index contributed by atoms with van der Waals surface area (Å²) in [6.45, 7) is 4.24. The van der Waals surface area contributed by atoms with Crippen molar-refractivity contribution < 1.29 is 18.3 Å². The number of amides is 2. The van der Waals surface area contributed by atoms with Gasteiger partial charge in [-0.3, -0.25) is 4.90 Å². The van der Waals surface area contributed by atoms with Crippen LogP contribution in [0.2, 0.25) is 0 Å². The molecule has 2 heterocycles. The third-order valence-corrected chi connectivity index (χ3v) is 4.88. The number of nitrogens with zero attached hydrogens (tertiary/aromatic N) is 2. The Labute approximate surface area is 169 Å². The van der Waals surface area contributed by atoms with E-state index in [0.29, 0.717) is 12.2 Å². The molecule has 2 N–H and O–H groups in total. The van der Waals surface area contributed by atoms with Gasteiger partial charge in [0.1, 0.15) is 5.69 Å². The average molecular weight is 404 g/mol. The summed E-state index contributed by atoms with van der Waals surface area (Å²) in [5.41, 5.74) is 2.48. The van der Waals surface area contributed by atoms with E-state index < -0.39 is 12.6 Å². The highest BCUT2D eigenvalue weighted by Crippen LogP contribution is 2.32. The van der Waals surface area contributed by atoms with Crippen LogP contribution >= 0.6 is 0 Å². The third-order valence-electron chi connectivity index (χ3n) is 4.88. The van der Waals surface area contributed by atoms with Crippen molar-refractivity contribution in [1.29, 1.82) is 0 Å². The van der Waals surface area contributed by atoms with E-state index >= 15 is 0 Å². The molecule has 1 aliphatic heterocycles. The van der Waals surface area contributed by atoms with Gasteiger partial charge in [-0.15, -0.1) is 0 Å². The highest BCUT2D eigenvalue weighted by atomic mass is 19.3. The monoisotopic (exact) mass is 404 g/mol. The molecule has 1 atom stereocenters. The summed E-state index contributed by atoms with van der Waals surface area (Å²) in [5, 5.41) is 6.00. The molecule has 1 saturated heterocycles. The first kappa shape index (κ1) is 21.0. The Hall–Kier alpha value is -2.74. The minimum absolute atomic E-state index is 0.0484. The Bertz CT molecular complexity index is 854. The first-order chi connectivity index (χ1) is 13.9. The van der Waals surface area contributed by atoms with Gasteiger partial charge >= 0.3 is 12.6 Å². The lowest BCUT2D eigenvalue weighted by atomic mass is 9.99. The van der Waals surface area contributed by atoms with Crippen LogP contribution < -0.4 is 20.3 Å². The molecule has 6 nitrogen and oxygen atoms in total. The normalized spacial score (nSPS) is 16.3. The van der Waals surface area contributed by atoms with Gasteiger partial charge in [0.2, 0.25) is 5.88 Å². The van der Waals surface area contributed by atoms with Crippen LogP contribution in [0.1, 0.15) is 37.4 Å². The van der Waals surface area contributed by atoms with Crippen molar-refractivity contribution in [1.82, 2.24) is 10.3 Å². The number of aromatic nitrogens is 1. The van der Waals surface area contributed by atoms with E-state index in [9.17, 15) is 13.6 Å². The van der Waals surface area contributed by atoms with Gasteiger partial charge < -0.3 is 15.4 Å². The molecule has 0 radical (unpaired) electrons. The first-order valence-corrected chi connectivity index (χ1v) is 9.69. The summed E-state index contributed by atoms with van der Waals surface area (Å²) in [7, 11) is 0. The van der Waals surface area contributed by atoms with Gasteiger partial charge in [-0.25, -0.2) is 9.78 Å². The lowest BCUT2D eigenvalue weighted by Gasteiger charge is -2.31. The summed E-state index contributed by atoms with van der Waals surface area (Å²) in [6, 6.07) is 10.5. The fraction of sp³-hybridized carbons (Fsp3) is 0.429. The van der Waals surface area contributed by atoms with Crippen LogP contribution in [0.4, 0.5) is 25.0 Å². The number of benzene rings is 1. The predicted molar refractivity (Wildman–Crippen MR) is 109 cm³/mol. The number of ether oxygens (including phenoxy) is 1. The number of pyridine rings is 1. The number of urea groups is 1. The van der Waals surface area contributed by atoms with Crippen LogP contribution in [0.25, 0.3) is 0 Å². The van der Waals surface area contributed by atoms with Crippen molar-refractivity contribution >= 4 is 17.4 Å². The van der Waals surface area contributed by atoms with Gasteiger partial charge in [-0.2, -0.15) is 8.78 Å². The summed E-state index contributed by atoms with van der Waals surface area (Å²) >= 11 is 0. The smallest absolute Gasteiger partial charge is 0.388 e. The van der Waals surface area contributed by atoms with Gasteiger partial charge in [0, 0.05) is 17.9 Å². The number of aryl methyl sites for hydroxylation is 1. The SMILES string of the molecule is Cc1ccc(NC(=O)N(c2ccccc2C(C)C)C2CCNC2)c(OC(F)F)n1. The predicted octanol–water partition coefficient (Wildman–Crippen LogP) is 4.52. The highest BCUT2D eigenvalue weighted by molar-refractivity contribution is 6.03. The maximum atomic E-state index is 13.3. The van der Waals surface area contributed by atoms with E-state index in [1.807, 2.05) is 24.3 Å². The molecular formula is C21H26F2N4O2. The van der Waals surface area contributed by atoms with Crippen molar-refractivity contribution in [2.24, 2.45) is 0 Å². The summed E-state index contributed by atoms with van der Waals surface area (Å²) < 4.78 is 30.1.